The Bertz CT molecular complexity index is 286. The first-order valence-corrected chi connectivity index (χ1v) is 5.83. The van der Waals surface area contributed by atoms with Crippen molar-refractivity contribution in [3.05, 3.63) is 24.3 Å². The van der Waals surface area contributed by atoms with Crippen molar-refractivity contribution < 1.29 is 0 Å². The van der Waals surface area contributed by atoms with Crippen LogP contribution in [0.15, 0.2) is 18.7 Å². The fourth-order valence-electron chi connectivity index (χ4n) is 2.29. The molecule has 0 amide bonds. The minimum absolute atomic E-state index is 0.680. The van der Waals surface area contributed by atoms with Crippen molar-refractivity contribution in [2.24, 2.45) is 5.92 Å². The van der Waals surface area contributed by atoms with E-state index < -0.39 is 0 Å². The quantitative estimate of drug-likeness (QED) is 0.821. The highest BCUT2D eigenvalue weighted by atomic mass is 14.9. The predicted molar refractivity (Wildman–Crippen MR) is 60.3 cm³/mol. The monoisotopic (exact) mass is 205 g/mol. The van der Waals surface area contributed by atoms with Crippen LogP contribution in [0.25, 0.3) is 0 Å². The summed E-state index contributed by atoms with van der Waals surface area (Å²) >= 11 is 0. The zero-order chi connectivity index (χ0) is 10.5. The van der Waals surface area contributed by atoms with E-state index in [-0.39, 0.29) is 0 Å². The average molecular weight is 205 g/mol. The highest BCUT2D eigenvalue weighted by Crippen LogP contribution is 2.23. The van der Waals surface area contributed by atoms with E-state index >= 15 is 0 Å². The summed E-state index contributed by atoms with van der Waals surface area (Å²) in [5, 5.41) is 3.61. The van der Waals surface area contributed by atoms with Crippen LogP contribution in [0.2, 0.25) is 0 Å². The summed E-state index contributed by atoms with van der Waals surface area (Å²) in [6, 6.07) is 0.680. The summed E-state index contributed by atoms with van der Waals surface area (Å²) in [6.07, 6.45) is 10.8. The van der Waals surface area contributed by atoms with E-state index in [1.54, 1.807) is 6.33 Å². The van der Waals surface area contributed by atoms with Gasteiger partial charge in [0, 0.05) is 30.5 Å². The van der Waals surface area contributed by atoms with Crippen LogP contribution in [0.3, 0.4) is 0 Å². The molecular weight excluding hydrogens is 186 g/mol. The molecule has 0 aliphatic heterocycles. The van der Waals surface area contributed by atoms with Crippen molar-refractivity contribution in [1.29, 1.82) is 0 Å². The second-order valence-electron chi connectivity index (χ2n) is 4.50. The standard InChI is InChI=1S/C12H19N3/c1-10-4-2-3-5-12(10)15-8-11-6-13-9-14-7-11/h6-7,9-10,12,15H,2-5,8H2,1H3/t10-,12-/m0/s1. The van der Waals surface area contributed by atoms with Gasteiger partial charge in [-0.05, 0) is 18.8 Å². The van der Waals surface area contributed by atoms with Crippen LogP contribution in [0.1, 0.15) is 38.2 Å². The largest absolute Gasteiger partial charge is 0.310 e. The summed E-state index contributed by atoms with van der Waals surface area (Å²) in [5.74, 6) is 0.809. The summed E-state index contributed by atoms with van der Waals surface area (Å²) < 4.78 is 0. The molecule has 1 saturated carbocycles. The molecule has 0 unspecified atom stereocenters. The minimum Gasteiger partial charge on any atom is -0.310 e. The molecule has 1 aromatic rings. The third kappa shape index (κ3) is 2.99. The predicted octanol–water partition coefficient (Wildman–Crippen LogP) is 2.14. The molecule has 0 saturated heterocycles. The van der Waals surface area contributed by atoms with E-state index in [9.17, 15) is 0 Å². The molecule has 0 aromatic carbocycles. The number of rotatable bonds is 3. The van der Waals surface area contributed by atoms with E-state index in [2.05, 4.69) is 22.2 Å². The lowest BCUT2D eigenvalue weighted by Crippen LogP contribution is -2.36. The normalized spacial score (nSPS) is 26.5. The lowest BCUT2D eigenvalue weighted by atomic mass is 9.86. The first kappa shape index (κ1) is 10.6. The van der Waals surface area contributed by atoms with E-state index in [1.807, 2.05) is 12.4 Å². The van der Waals surface area contributed by atoms with Crippen molar-refractivity contribution in [2.75, 3.05) is 0 Å². The molecule has 1 fully saturated rings. The molecule has 0 spiro atoms. The Kier molecular flexibility index (Phi) is 3.67. The van der Waals surface area contributed by atoms with E-state index in [0.717, 1.165) is 12.5 Å². The maximum Gasteiger partial charge on any atom is 0.115 e. The van der Waals surface area contributed by atoms with Crippen molar-refractivity contribution in [2.45, 2.75) is 45.2 Å². The Labute approximate surface area is 91.3 Å². The van der Waals surface area contributed by atoms with Crippen molar-refractivity contribution in [3.63, 3.8) is 0 Å². The smallest absolute Gasteiger partial charge is 0.115 e. The fraction of sp³-hybridized carbons (Fsp3) is 0.667. The highest BCUT2D eigenvalue weighted by molar-refractivity contribution is 5.02. The molecule has 2 rings (SSSR count). The van der Waals surface area contributed by atoms with Gasteiger partial charge in [-0.1, -0.05) is 19.8 Å². The molecule has 15 heavy (non-hydrogen) atoms. The van der Waals surface area contributed by atoms with Gasteiger partial charge in [0.1, 0.15) is 6.33 Å². The zero-order valence-electron chi connectivity index (χ0n) is 9.32. The summed E-state index contributed by atoms with van der Waals surface area (Å²) in [5.41, 5.74) is 1.18. The zero-order valence-corrected chi connectivity index (χ0v) is 9.32. The molecule has 2 atom stereocenters. The topological polar surface area (TPSA) is 37.8 Å². The van der Waals surface area contributed by atoms with Crippen LogP contribution in [-0.2, 0) is 6.54 Å². The first-order chi connectivity index (χ1) is 7.36. The van der Waals surface area contributed by atoms with Gasteiger partial charge in [0.2, 0.25) is 0 Å². The lowest BCUT2D eigenvalue weighted by molar-refractivity contribution is 0.279. The maximum atomic E-state index is 4.02. The fourth-order valence-corrected chi connectivity index (χ4v) is 2.29. The van der Waals surface area contributed by atoms with E-state index in [0.29, 0.717) is 6.04 Å². The van der Waals surface area contributed by atoms with Crippen LogP contribution >= 0.6 is 0 Å². The number of nitrogens with one attached hydrogen (secondary N) is 1. The van der Waals surface area contributed by atoms with E-state index in [4.69, 9.17) is 0 Å². The number of hydrogen-bond donors (Lipinski definition) is 1. The van der Waals surface area contributed by atoms with Crippen LogP contribution < -0.4 is 5.32 Å². The van der Waals surface area contributed by atoms with Gasteiger partial charge < -0.3 is 5.32 Å². The van der Waals surface area contributed by atoms with Crippen LogP contribution in [0, 0.1) is 5.92 Å². The van der Waals surface area contributed by atoms with Crippen molar-refractivity contribution in [1.82, 2.24) is 15.3 Å². The second kappa shape index (κ2) is 5.21. The van der Waals surface area contributed by atoms with Gasteiger partial charge in [-0.25, -0.2) is 9.97 Å². The Balaban J connectivity index is 1.82. The number of aromatic nitrogens is 2. The van der Waals surface area contributed by atoms with Crippen LogP contribution in [-0.4, -0.2) is 16.0 Å². The van der Waals surface area contributed by atoms with Gasteiger partial charge >= 0.3 is 0 Å². The molecule has 1 aliphatic rings. The molecule has 82 valence electrons. The molecule has 1 aliphatic carbocycles. The summed E-state index contributed by atoms with van der Waals surface area (Å²) in [4.78, 5) is 8.03. The van der Waals surface area contributed by atoms with Crippen molar-refractivity contribution in [3.8, 4) is 0 Å². The lowest BCUT2D eigenvalue weighted by Gasteiger charge is -2.29. The Morgan fingerprint density at radius 3 is 2.73 bits per heavy atom. The van der Waals surface area contributed by atoms with Gasteiger partial charge in [0.15, 0.2) is 0 Å². The molecular formula is C12H19N3. The van der Waals surface area contributed by atoms with Gasteiger partial charge in [-0.3, -0.25) is 0 Å². The van der Waals surface area contributed by atoms with Gasteiger partial charge in [-0.2, -0.15) is 0 Å². The second-order valence-corrected chi connectivity index (χ2v) is 4.50. The van der Waals surface area contributed by atoms with Gasteiger partial charge in [0.05, 0.1) is 0 Å². The molecule has 1 heterocycles. The molecule has 0 bridgehead atoms. The first-order valence-electron chi connectivity index (χ1n) is 5.83. The van der Waals surface area contributed by atoms with Crippen LogP contribution in [0.5, 0.6) is 0 Å². The number of hydrogen-bond acceptors (Lipinski definition) is 3. The number of nitrogens with zero attached hydrogens (tertiary/aromatic N) is 2. The average Bonchev–Trinajstić information content (AvgIpc) is 2.29. The molecule has 3 nitrogen and oxygen atoms in total. The Morgan fingerprint density at radius 1 is 1.27 bits per heavy atom. The third-order valence-electron chi connectivity index (χ3n) is 3.29. The van der Waals surface area contributed by atoms with Gasteiger partial charge in [0.25, 0.3) is 0 Å². The molecule has 1 aromatic heterocycles. The maximum absolute atomic E-state index is 4.02. The van der Waals surface area contributed by atoms with Gasteiger partial charge in [-0.15, -0.1) is 0 Å². The molecule has 3 heteroatoms. The highest BCUT2D eigenvalue weighted by Gasteiger charge is 2.20. The summed E-state index contributed by atoms with van der Waals surface area (Å²) in [6.45, 7) is 3.24. The van der Waals surface area contributed by atoms with Crippen molar-refractivity contribution >= 4 is 0 Å². The third-order valence-corrected chi connectivity index (χ3v) is 3.29. The summed E-state index contributed by atoms with van der Waals surface area (Å²) in [7, 11) is 0. The Hall–Kier alpha value is -0.960. The van der Waals surface area contributed by atoms with E-state index in [1.165, 1.54) is 31.2 Å². The minimum atomic E-state index is 0.680. The Morgan fingerprint density at radius 2 is 2.00 bits per heavy atom. The molecule has 0 radical (unpaired) electrons. The van der Waals surface area contributed by atoms with Crippen LogP contribution in [0.4, 0.5) is 0 Å². The molecule has 1 N–H and O–H groups in total. The SMILES string of the molecule is C[C@H]1CCCC[C@@H]1NCc1cncnc1.